The van der Waals surface area contributed by atoms with Crippen LogP contribution >= 0.6 is 11.3 Å². The molecule has 2 aromatic heterocycles. The van der Waals surface area contributed by atoms with Crippen molar-refractivity contribution < 1.29 is 4.42 Å². The van der Waals surface area contributed by atoms with Crippen LogP contribution in [0.15, 0.2) is 205 Å². The summed E-state index contributed by atoms with van der Waals surface area (Å²) in [6.45, 7) is -0.146. The molecule has 11 aromatic rings. The van der Waals surface area contributed by atoms with E-state index in [1.807, 2.05) is 11.3 Å². The van der Waals surface area contributed by atoms with Crippen molar-refractivity contribution in [2.75, 3.05) is 9.80 Å². The SMILES string of the molecule is c1ccc(-c2ccc3ccccc3c2N2c3cccc4c3B(c3oc5ccccc5c3N4c3c(-c4ccccc4)ccc4ccccc34)c3c2sc2ccccc32)cc1. The molecule has 274 valence electrons. The summed E-state index contributed by atoms with van der Waals surface area (Å²) in [5.41, 5.74) is 14.9. The molecular weight excluding hydrogens is 735 g/mol. The van der Waals surface area contributed by atoms with E-state index in [1.165, 1.54) is 75.5 Å². The Morgan fingerprint density at radius 1 is 0.390 bits per heavy atom. The smallest absolute Gasteiger partial charge is 0.298 e. The fraction of sp³-hybridized carbons (Fsp3) is 0. The Balaban J connectivity index is 1.21. The van der Waals surface area contributed by atoms with Crippen molar-refractivity contribution in [3.05, 3.63) is 200 Å². The van der Waals surface area contributed by atoms with Gasteiger partial charge in [-0.3, -0.25) is 0 Å². The van der Waals surface area contributed by atoms with E-state index < -0.39 is 0 Å². The van der Waals surface area contributed by atoms with Crippen LogP contribution in [0.1, 0.15) is 0 Å². The maximum Gasteiger partial charge on any atom is 0.298 e. The third kappa shape index (κ3) is 4.65. The molecule has 0 bridgehead atoms. The number of thiophene rings is 1. The van der Waals surface area contributed by atoms with Gasteiger partial charge in [-0.25, -0.2) is 0 Å². The summed E-state index contributed by atoms with van der Waals surface area (Å²) >= 11 is 1.88. The van der Waals surface area contributed by atoms with Crippen molar-refractivity contribution >= 4 is 111 Å². The van der Waals surface area contributed by atoms with Crippen LogP contribution < -0.4 is 26.4 Å². The van der Waals surface area contributed by atoms with E-state index in [4.69, 9.17) is 4.42 Å². The maximum atomic E-state index is 7.27. The van der Waals surface area contributed by atoms with E-state index in [2.05, 4.69) is 210 Å². The first-order valence-corrected chi connectivity index (χ1v) is 21.0. The van der Waals surface area contributed by atoms with Gasteiger partial charge in [-0.05, 0) is 68.5 Å². The van der Waals surface area contributed by atoms with Crippen LogP contribution in [0.5, 0.6) is 0 Å². The predicted octanol–water partition coefficient (Wildman–Crippen LogP) is 13.4. The minimum Gasteiger partial charge on any atom is -0.468 e. The fourth-order valence-electron chi connectivity index (χ4n) is 9.99. The molecule has 0 unspecified atom stereocenters. The highest BCUT2D eigenvalue weighted by molar-refractivity contribution is 7.26. The molecule has 59 heavy (non-hydrogen) atoms. The lowest BCUT2D eigenvalue weighted by Crippen LogP contribution is -2.60. The second-order valence-corrected chi connectivity index (χ2v) is 16.6. The van der Waals surface area contributed by atoms with Crippen molar-refractivity contribution in [1.29, 1.82) is 0 Å². The second-order valence-electron chi connectivity index (χ2n) is 15.5. The van der Waals surface area contributed by atoms with Crippen LogP contribution in [0.3, 0.4) is 0 Å². The van der Waals surface area contributed by atoms with Gasteiger partial charge in [0, 0.05) is 43.4 Å². The van der Waals surface area contributed by atoms with E-state index in [-0.39, 0.29) is 6.71 Å². The average Bonchev–Trinajstić information content (AvgIpc) is 3.88. The van der Waals surface area contributed by atoms with E-state index in [0.29, 0.717) is 0 Å². The number of benzene rings is 9. The molecule has 0 spiro atoms. The highest BCUT2D eigenvalue weighted by atomic mass is 32.1. The van der Waals surface area contributed by atoms with Gasteiger partial charge in [-0.1, -0.05) is 170 Å². The maximum absolute atomic E-state index is 7.27. The van der Waals surface area contributed by atoms with Gasteiger partial charge in [0.2, 0.25) is 0 Å². The summed E-state index contributed by atoms with van der Waals surface area (Å²) < 4.78 is 8.54. The number of hydrogen-bond donors (Lipinski definition) is 0. The zero-order valence-corrected chi connectivity index (χ0v) is 32.7. The molecular formula is C54H33BN2OS. The molecule has 13 rings (SSSR count). The first kappa shape index (κ1) is 32.7. The summed E-state index contributed by atoms with van der Waals surface area (Å²) in [7, 11) is 0. The molecule has 0 radical (unpaired) electrons. The number of furan rings is 1. The number of para-hydroxylation sites is 1. The highest BCUT2D eigenvalue weighted by Gasteiger charge is 2.49. The summed E-state index contributed by atoms with van der Waals surface area (Å²) in [4.78, 5) is 5.13. The largest absolute Gasteiger partial charge is 0.468 e. The summed E-state index contributed by atoms with van der Waals surface area (Å²) in [6, 6.07) is 73.0. The van der Waals surface area contributed by atoms with E-state index in [0.717, 1.165) is 39.4 Å². The van der Waals surface area contributed by atoms with Crippen LogP contribution in [-0.2, 0) is 0 Å². The number of fused-ring (bicyclic) bond motifs is 10. The molecule has 0 fully saturated rings. The molecule has 0 amide bonds. The zero-order valence-electron chi connectivity index (χ0n) is 31.8. The Labute approximate surface area is 345 Å². The number of rotatable bonds is 4. The van der Waals surface area contributed by atoms with Crippen LogP contribution in [0.25, 0.3) is 64.9 Å². The summed E-state index contributed by atoms with van der Waals surface area (Å²) in [5.74, 6) is 0. The lowest BCUT2D eigenvalue weighted by Gasteiger charge is -2.42. The molecule has 0 N–H and O–H groups in total. The second kappa shape index (κ2) is 12.6. The zero-order chi connectivity index (χ0) is 38.6. The van der Waals surface area contributed by atoms with Gasteiger partial charge in [0.25, 0.3) is 6.71 Å². The first-order chi connectivity index (χ1) is 29.3. The van der Waals surface area contributed by atoms with E-state index in [9.17, 15) is 0 Å². The van der Waals surface area contributed by atoms with Gasteiger partial charge >= 0.3 is 0 Å². The van der Waals surface area contributed by atoms with Crippen molar-refractivity contribution in [2.45, 2.75) is 0 Å². The van der Waals surface area contributed by atoms with Crippen molar-refractivity contribution in [3.8, 4) is 22.3 Å². The molecule has 2 aliphatic rings. The number of anilines is 6. The van der Waals surface area contributed by atoms with E-state index in [1.54, 1.807) is 0 Å². The van der Waals surface area contributed by atoms with Gasteiger partial charge in [0.15, 0.2) is 0 Å². The standard InChI is InChI=1S/C54H33BN2OS/c1-3-16-34(17-4-1)40-32-30-36-20-7-9-22-38(36)50(40)56-44-26-15-27-45-49(44)55(53-52(56)42-24-11-13-28-46(42)58-53)48-43-25-12-14-29-47(43)59-54(48)57(45)51-39-23-10-8-21-37(39)31-33-41(51)35-18-5-2-6-19-35/h1-33H. The highest BCUT2D eigenvalue weighted by Crippen LogP contribution is 2.54. The van der Waals surface area contributed by atoms with Crippen LogP contribution in [0, 0.1) is 0 Å². The monoisotopic (exact) mass is 768 g/mol. The third-order valence-corrected chi connectivity index (χ3v) is 13.6. The molecule has 5 heteroatoms. The summed E-state index contributed by atoms with van der Waals surface area (Å²) in [6.07, 6.45) is 0. The minimum atomic E-state index is -0.146. The average molecular weight is 769 g/mol. The minimum absolute atomic E-state index is 0.146. The molecule has 0 aliphatic carbocycles. The molecule has 0 atom stereocenters. The number of nitrogens with zero attached hydrogens (tertiary/aromatic N) is 2. The normalized spacial score (nSPS) is 13.0. The Morgan fingerprint density at radius 2 is 0.915 bits per heavy atom. The van der Waals surface area contributed by atoms with Gasteiger partial charge in [0.05, 0.1) is 27.7 Å². The van der Waals surface area contributed by atoms with Gasteiger partial charge < -0.3 is 14.2 Å². The molecule has 0 saturated heterocycles. The van der Waals surface area contributed by atoms with Crippen LogP contribution in [-0.4, -0.2) is 6.71 Å². The Hall–Kier alpha value is -7.34. The lowest BCUT2D eigenvalue weighted by atomic mass is 9.35. The molecule has 0 saturated carbocycles. The van der Waals surface area contributed by atoms with E-state index >= 15 is 0 Å². The Morgan fingerprint density at radius 3 is 1.58 bits per heavy atom. The first-order valence-electron chi connectivity index (χ1n) is 20.2. The van der Waals surface area contributed by atoms with Crippen molar-refractivity contribution in [3.63, 3.8) is 0 Å². The fourth-order valence-corrected chi connectivity index (χ4v) is 11.2. The van der Waals surface area contributed by atoms with Crippen LogP contribution in [0.4, 0.5) is 33.4 Å². The summed E-state index contributed by atoms with van der Waals surface area (Å²) in [5, 5.41) is 8.40. The lowest BCUT2D eigenvalue weighted by molar-refractivity contribution is 0.651. The Kier molecular flexibility index (Phi) is 6.98. The quantitative estimate of drug-likeness (QED) is 0.166. The van der Waals surface area contributed by atoms with Crippen molar-refractivity contribution in [1.82, 2.24) is 0 Å². The Bertz CT molecular complexity index is 3480. The molecule has 2 aliphatic heterocycles. The topological polar surface area (TPSA) is 19.6 Å². The predicted molar refractivity (Wildman–Crippen MR) is 252 cm³/mol. The van der Waals surface area contributed by atoms with Gasteiger partial charge in [-0.2, -0.15) is 0 Å². The third-order valence-electron chi connectivity index (χ3n) is 12.4. The molecule has 3 nitrogen and oxygen atoms in total. The van der Waals surface area contributed by atoms with Gasteiger partial charge in [0.1, 0.15) is 5.58 Å². The number of hydrogen-bond acceptors (Lipinski definition) is 4. The molecule has 4 heterocycles. The van der Waals surface area contributed by atoms with Gasteiger partial charge in [-0.15, -0.1) is 11.3 Å². The molecule has 9 aromatic carbocycles. The van der Waals surface area contributed by atoms with Crippen LogP contribution in [0.2, 0.25) is 0 Å². The van der Waals surface area contributed by atoms with Crippen molar-refractivity contribution in [2.24, 2.45) is 0 Å².